The van der Waals surface area contributed by atoms with Crippen LogP contribution in [0.25, 0.3) is 0 Å². The lowest BCUT2D eigenvalue weighted by Gasteiger charge is -2.07. The molecule has 0 aliphatic heterocycles. The van der Waals surface area contributed by atoms with Crippen molar-refractivity contribution in [2.45, 2.75) is 13.5 Å². The van der Waals surface area contributed by atoms with Crippen LogP contribution in [0, 0.1) is 6.92 Å². The molecule has 0 aliphatic rings. The standard InChI is InChI=1S/C12H11ClN2O3/c1-7-2-11(13)15-5-10(7)14-4-9-3-8(6-18-9)12(16)17/h2-3,5-6,14H,4H2,1H3,(H,16,17). The average Bonchev–Trinajstić information content (AvgIpc) is 2.76. The van der Waals surface area contributed by atoms with Crippen molar-refractivity contribution in [3.63, 3.8) is 0 Å². The summed E-state index contributed by atoms with van der Waals surface area (Å²) in [6, 6.07) is 3.22. The molecule has 2 heterocycles. The maximum absolute atomic E-state index is 10.7. The number of hydrogen-bond donors (Lipinski definition) is 2. The van der Waals surface area contributed by atoms with Crippen LogP contribution in [-0.2, 0) is 6.54 Å². The van der Waals surface area contributed by atoms with E-state index in [2.05, 4.69) is 10.3 Å². The molecule has 5 nitrogen and oxygen atoms in total. The van der Waals surface area contributed by atoms with E-state index in [4.69, 9.17) is 21.1 Å². The molecule has 2 rings (SSSR count). The molecule has 0 spiro atoms. The molecule has 18 heavy (non-hydrogen) atoms. The van der Waals surface area contributed by atoms with Crippen LogP contribution in [0.1, 0.15) is 21.7 Å². The number of carboxylic acids is 1. The third kappa shape index (κ3) is 2.81. The van der Waals surface area contributed by atoms with Crippen LogP contribution in [0.5, 0.6) is 0 Å². The van der Waals surface area contributed by atoms with Crippen LogP contribution in [0.2, 0.25) is 5.15 Å². The minimum Gasteiger partial charge on any atom is -0.478 e. The van der Waals surface area contributed by atoms with Crippen molar-refractivity contribution in [2.24, 2.45) is 0 Å². The second-order valence-electron chi connectivity index (χ2n) is 3.78. The van der Waals surface area contributed by atoms with Gasteiger partial charge in [-0.1, -0.05) is 11.6 Å². The summed E-state index contributed by atoms with van der Waals surface area (Å²) in [4.78, 5) is 14.6. The van der Waals surface area contributed by atoms with E-state index < -0.39 is 5.97 Å². The number of carbonyl (C=O) groups is 1. The third-order valence-corrected chi connectivity index (χ3v) is 2.64. The first kappa shape index (κ1) is 12.4. The van der Waals surface area contributed by atoms with Gasteiger partial charge in [-0.05, 0) is 24.6 Å². The van der Waals surface area contributed by atoms with E-state index in [1.165, 1.54) is 12.3 Å². The zero-order valence-electron chi connectivity index (χ0n) is 9.61. The quantitative estimate of drug-likeness (QED) is 0.832. The van der Waals surface area contributed by atoms with Gasteiger partial charge in [-0.2, -0.15) is 0 Å². The lowest BCUT2D eigenvalue weighted by Crippen LogP contribution is -2.01. The van der Waals surface area contributed by atoms with E-state index >= 15 is 0 Å². The van der Waals surface area contributed by atoms with E-state index in [0.717, 1.165) is 11.3 Å². The van der Waals surface area contributed by atoms with Gasteiger partial charge >= 0.3 is 5.97 Å². The van der Waals surface area contributed by atoms with Gasteiger partial charge in [0.05, 0.1) is 24.0 Å². The van der Waals surface area contributed by atoms with Gasteiger partial charge in [0, 0.05) is 0 Å². The highest BCUT2D eigenvalue weighted by molar-refractivity contribution is 6.29. The number of anilines is 1. The lowest BCUT2D eigenvalue weighted by molar-refractivity contribution is 0.0696. The van der Waals surface area contributed by atoms with Gasteiger partial charge in [-0.25, -0.2) is 9.78 Å². The lowest BCUT2D eigenvalue weighted by atomic mass is 10.2. The Hall–Kier alpha value is -2.01. The van der Waals surface area contributed by atoms with Crippen molar-refractivity contribution in [2.75, 3.05) is 5.32 Å². The summed E-state index contributed by atoms with van der Waals surface area (Å²) in [7, 11) is 0. The van der Waals surface area contributed by atoms with Crippen molar-refractivity contribution in [3.05, 3.63) is 46.6 Å². The number of rotatable bonds is 4. The minimum absolute atomic E-state index is 0.137. The molecule has 94 valence electrons. The smallest absolute Gasteiger partial charge is 0.338 e. The Balaban J connectivity index is 2.04. The Labute approximate surface area is 108 Å². The molecule has 0 unspecified atom stereocenters. The monoisotopic (exact) mass is 266 g/mol. The molecule has 0 saturated heterocycles. The fourth-order valence-electron chi connectivity index (χ4n) is 1.47. The minimum atomic E-state index is -1.01. The number of carboxylic acid groups (broad SMARTS) is 1. The van der Waals surface area contributed by atoms with E-state index in [0.29, 0.717) is 17.5 Å². The number of aromatic carboxylic acids is 1. The summed E-state index contributed by atoms with van der Waals surface area (Å²) < 4.78 is 5.12. The van der Waals surface area contributed by atoms with Gasteiger partial charge in [0.2, 0.25) is 0 Å². The van der Waals surface area contributed by atoms with Gasteiger partial charge in [0.25, 0.3) is 0 Å². The topological polar surface area (TPSA) is 75.4 Å². The Kier molecular flexibility index (Phi) is 3.53. The second-order valence-corrected chi connectivity index (χ2v) is 4.17. The number of pyridine rings is 1. The van der Waals surface area contributed by atoms with Crippen molar-refractivity contribution < 1.29 is 14.3 Å². The fourth-order valence-corrected chi connectivity index (χ4v) is 1.69. The molecular weight excluding hydrogens is 256 g/mol. The Morgan fingerprint density at radius 2 is 2.33 bits per heavy atom. The largest absolute Gasteiger partial charge is 0.478 e. The molecule has 0 aromatic carbocycles. The molecule has 0 radical (unpaired) electrons. The first-order valence-electron chi connectivity index (χ1n) is 5.23. The zero-order chi connectivity index (χ0) is 13.1. The normalized spacial score (nSPS) is 10.3. The molecular formula is C12H11ClN2O3. The predicted octanol–water partition coefficient (Wildman–Crippen LogP) is 2.95. The van der Waals surface area contributed by atoms with Gasteiger partial charge in [-0.15, -0.1) is 0 Å². The molecule has 0 atom stereocenters. The van der Waals surface area contributed by atoms with Gasteiger partial charge in [-0.3, -0.25) is 0 Å². The van der Waals surface area contributed by atoms with Crippen molar-refractivity contribution in [3.8, 4) is 0 Å². The van der Waals surface area contributed by atoms with Crippen LogP contribution < -0.4 is 5.32 Å². The van der Waals surface area contributed by atoms with Crippen LogP contribution in [0.4, 0.5) is 5.69 Å². The third-order valence-electron chi connectivity index (χ3n) is 2.43. The highest BCUT2D eigenvalue weighted by atomic mass is 35.5. The SMILES string of the molecule is Cc1cc(Cl)ncc1NCc1cc(C(=O)O)co1. The molecule has 0 amide bonds. The van der Waals surface area contributed by atoms with Crippen LogP contribution >= 0.6 is 11.6 Å². The number of hydrogen-bond acceptors (Lipinski definition) is 4. The number of nitrogens with zero attached hydrogens (tertiary/aromatic N) is 1. The summed E-state index contributed by atoms with van der Waals surface area (Å²) in [5, 5.41) is 12.3. The van der Waals surface area contributed by atoms with Crippen molar-refractivity contribution in [1.82, 2.24) is 4.98 Å². The summed E-state index contributed by atoms with van der Waals surface area (Å²) in [5.74, 6) is -0.462. The predicted molar refractivity (Wildman–Crippen MR) is 67.0 cm³/mol. The van der Waals surface area contributed by atoms with E-state index in [9.17, 15) is 4.79 Å². The molecule has 2 aromatic heterocycles. The fraction of sp³-hybridized carbons (Fsp3) is 0.167. The molecule has 0 bridgehead atoms. The van der Waals surface area contributed by atoms with Gasteiger partial charge < -0.3 is 14.8 Å². The highest BCUT2D eigenvalue weighted by Crippen LogP contribution is 2.18. The number of halogens is 1. The summed E-state index contributed by atoms with van der Waals surface area (Å²) in [6.45, 7) is 2.29. The maximum Gasteiger partial charge on any atom is 0.338 e. The summed E-state index contributed by atoms with van der Waals surface area (Å²) >= 11 is 5.75. The maximum atomic E-state index is 10.7. The van der Waals surface area contributed by atoms with Crippen molar-refractivity contribution in [1.29, 1.82) is 0 Å². The van der Waals surface area contributed by atoms with E-state index in [1.807, 2.05) is 6.92 Å². The Bertz CT molecular complexity index is 580. The molecule has 6 heteroatoms. The van der Waals surface area contributed by atoms with Gasteiger partial charge in [0.1, 0.15) is 17.2 Å². The Morgan fingerprint density at radius 1 is 1.56 bits per heavy atom. The number of nitrogens with one attached hydrogen (secondary N) is 1. The highest BCUT2D eigenvalue weighted by Gasteiger charge is 2.08. The first-order valence-corrected chi connectivity index (χ1v) is 5.61. The number of furan rings is 1. The number of aromatic nitrogens is 1. The number of aryl methyl sites for hydroxylation is 1. The Morgan fingerprint density at radius 3 is 2.94 bits per heavy atom. The van der Waals surface area contributed by atoms with Crippen molar-refractivity contribution >= 4 is 23.3 Å². The van der Waals surface area contributed by atoms with E-state index in [-0.39, 0.29) is 5.56 Å². The average molecular weight is 267 g/mol. The van der Waals surface area contributed by atoms with Gasteiger partial charge in [0.15, 0.2) is 0 Å². The molecule has 0 fully saturated rings. The summed E-state index contributed by atoms with van der Waals surface area (Å²) in [6.07, 6.45) is 2.84. The zero-order valence-corrected chi connectivity index (χ0v) is 10.4. The van der Waals surface area contributed by atoms with Crippen LogP contribution in [0.3, 0.4) is 0 Å². The molecule has 2 aromatic rings. The van der Waals surface area contributed by atoms with E-state index in [1.54, 1.807) is 12.3 Å². The molecule has 0 saturated carbocycles. The molecule has 0 aliphatic carbocycles. The van der Waals surface area contributed by atoms with Crippen LogP contribution in [-0.4, -0.2) is 16.1 Å². The summed E-state index contributed by atoms with van der Waals surface area (Å²) in [5.41, 5.74) is 1.92. The second kappa shape index (κ2) is 5.10. The van der Waals surface area contributed by atoms with Crippen LogP contribution in [0.15, 0.2) is 29.0 Å². The molecule has 2 N–H and O–H groups in total. The first-order chi connectivity index (χ1) is 8.56.